The minimum Gasteiger partial charge on any atom is -0.496 e. The number of ether oxygens (including phenoxy) is 1. The van der Waals surface area contributed by atoms with E-state index in [1.54, 1.807) is 7.11 Å². The molecule has 174 valence electrons. The lowest BCUT2D eigenvalue weighted by atomic mass is 9.82. The van der Waals surface area contributed by atoms with Crippen LogP contribution in [0.15, 0.2) is 40.8 Å². The zero-order valence-electron chi connectivity index (χ0n) is 19.2. The summed E-state index contributed by atoms with van der Waals surface area (Å²) in [6.07, 6.45) is 5.37. The van der Waals surface area contributed by atoms with Gasteiger partial charge in [0.15, 0.2) is 11.5 Å². The second-order valence-electron chi connectivity index (χ2n) is 8.40. The van der Waals surface area contributed by atoms with E-state index in [1.165, 1.54) is 29.5 Å². The number of aryl methyl sites for hydroxylation is 1. The first-order chi connectivity index (χ1) is 15.1. The molecule has 2 aromatic carbocycles. The van der Waals surface area contributed by atoms with Crippen molar-refractivity contribution in [2.75, 3.05) is 33.5 Å². The van der Waals surface area contributed by atoms with Gasteiger partial charge in [0.05, 0.1) is 13.4 Å². The van der Waals surface area contributed by atoms with Gasteiger partial charge < -0.3 is 14.1 Å². The van der Waals surface area contributed by atoms with Crippen molar-refractivity contribution in [2.45, 2.75) is 38.5 Å². The minimum absolute atomic E-state index is 0.591. The molecular weight excluding hydrogens is 428 g/mol. The van der Waals surface area contributed by atoms with Crippen molar-refractivity contribution in [3.8, 4) is 5.75 Å². The number of oxazole rings is 1. The normalized spacial score (nSPS) is 15.9. The molecule has 0 bridgehead atoms. The van der Waals surface area contributed by atoms with E-state index >= 15 is 0 Å². The van der Waals surface area contributed by atoms with E-state index in [0.717, 1.165) is 48.7 Å². The van der Waals surface area contributed by atoms with Crippen molar-refractivity contribution < 1.29 is 22.1 Å². The molecule has 1 aromatic heterocycles. The van der Waals surface area contributed by atoms with E-state index in [1.807, 2.05) is 6.92 Å². The number of hydrogen-bond acceptors (Lipinski definition) is 6. The summed E-state index contributed by atoms with van der Waals surface area (Å²) in [5, 5.41) is 0. The highest BCUT2D eigenvalue weighted by atomic mass is 32.2. The summed E-state index contributed by atoms with van der Waals surface area (Å²) in [6, 6.07) is 12.9. The molecule has 1 aliphatic carbocycles. The summed E-state index contributed by atoms with van der Waals surface area (Å²) in [4.78, 5) is 6.83. The van der Waals surface area contributed by atoms with Gasteiger partial charge in [-0.2, -0.15) is 8.42 Å². The molecule has 4 rings (SSSR count). The molecule has 1 aliphatic rings. The van der Waals surface area contributed by atoms with E-state index in [2.05, 4.69) is 53.3 Å². The number of aromatic nitrogens is 1. The van der Waals surface area contributed by atoms with Gasteiger partial charge in [0, 0.05) is 20.0 Å². The lowest BCUT2D eigenvalue weighted by Gasteiger charge is -2.30. The second-order valence-corrected chi connectivity index (χ2v) is 9.86. The zero-order chi connectivity index (χ0) is 23.3. The summed E-state index contributed by atoms with van der Waals surface area (Å²) in [5.41, 5.74) is 6.02. The van der Waals surface area contributed by atoms with Gasteiger partial charge in [-0.05, 0) is 73.5 Å². The van der Waals surface area contributed by atoms with E-state index < -0.39 is 10.1 Å². The number of rotatable bonds is 6. The van der Waals surface area contributed by atoms with Crippen LogP contribution >= 0.6 is 0 Å². The molecule has 3 aromatic rings. The Morgan fingerprint density at radius 2 is 2.03 bits per heavy atom. The molecule has 0 saturated carbocycles. The van der Waals surface area contributed by atoms with Crippen molar-refractivity contribution in [3.05, 3.63) is 59.0 Å². The smallest absolute Gasteiger partial charge is 0.261 e. The first kappa shape index (κ1) is 24.2. The summed E-state index contributed by atoms with van der Waals surface area (Å²) < 4.78 is 37.1. The highest BCUT2D eigenvalue weighted by Gasteiger charge is 2.23. The van der Waals surface area contributed by atoms with Crippen LogP contribution < -0.4 is 4.74 Å². The lowest BCUT2D eigenvalue weighted by Crippen LogP contribution is -2.28. The maximum atomic E-state index is 9.19. The molecule has 32 heavy (non-hydrogen) atoms. The average Bonchev–Trinajstić information content (AvgIpc) is 3.10. The van der Waals surface area contributed by atoms with E-state index in [9.17, 15) is 8.42 Å². The predicted molar refractivity (Wildman–Crippen MR) is 126 cm³/mol. The van der Waals surface area contributed by atoms with Crippen LogP contribution in [0.4, 0.5) is 0 Å². The van der Waals surface area contributed by atoms with Gasteiger partial charge in [-0.25, -0.2) is 4.98 Å². The van der Waals surface area contributed by atoms with Gasteiger partial charge in [0.2, 0.25) is 0 Å². The molecule has 1 unspecified atom stereocenters. The van der Waals surface area contributed by atoms with Gasteiger partial charge in [-0.15, -0.1) is 0 Å². The first-order valence-corrected chi connectivity index (χ1v) is 12.6. The molecule has 0 saturated heterocycles. The maximum absolute atomic E-state index is 9.19. The molecule has 0 radical (unpaired) electrons. The average molecular weight is 461 g/mol. The van der Waals surface area contributed by atoms with Crippen LogP contribution in [0.5, 0.6) is 5.75 Å². The second kappa shape index (κ2) is 10.5. The van der Waals surface area contributed by atoms with Gasteiger partial charge in [0.25, 0.3) is 10.1 Å². The molecule has 1 heterocycles. The fourth-order valence-corrected chi connectivity index (χ4v) is 4.32. The monoisotopic (exact) mass is 460 g/mol. The number of nitrogens with zero attached hydrogens (tertiary/aromatic N) is 2. The number of methoxy groups -OCH3 is 1. The lowest BCUT2D eigenvalue weighted by molar-refractivity contribution is 0.299. The standard InChI is InChI=1S/C23H28N2O2.CH4O3S/c1-16-24-21-11-10-17(14-23(21)27-16)12-13-25(2)15-18-6-4-8-20-19(18)7-5-9-22(20)26-3;1-5(2,3)4/h5,7,9-11,14,18H,4,6,8,12-13,15H2,1-3H3;1H3,(H,2,3,4). The first-order valence-electron chi connectivity index (χ1n) is 10.8. The summed E-state index contributed by atoms with van der Waals surface area (Å²) >= 11 is 0. The molecule has 0 amide bonds. The molecule has 8 heteroatoms. The third-order valence-electron chi connectivity index (χ3n) is 5.68. The Hall–Kier alpha value is -2.42. The summed E-state index contributed by atoms with van der Waals surface area (Å²) in [7, 11) is 0.337. The number of fused-ring (bicyclic) bond motifs is 2. The van der Waals surface area contributed by atoms with Crippen molar-refractivity contribution in [1.29, 1.82) is 0 Å². The maximum Gasteiger partial charge on any atom is 0.261 e. The fourth-order valence-electron chi connectivity index (χ4n) is 4.32. The van der Waals surface area contributed by atoms with Crippen molar-refractivity contribution >= 4 is 21.2 Å². The summed E-state index contributed by atoms with van der Waals surface area (Å²) in [5.74, 6) is 2.37. The van der Waals surface area contributed by atoms with E-state index in [0.29, 0.717) is 12.2 Å². The Kier molecular flexibility index (Phi) is 7.92. The SMILES string of the molecule is COc1cccc2c1CCCC2CN(C)CCc1ccc2nc(C)oc2c1.CS(=O)(=O)O. The van der Waals surface area contributed by atoms with Crippen LogP contribution in [-0.2, 0) is 23.0 Å². The van der Waals surface area contributed by atoms with Crippen molar-refractivity contribution in [2.24, 2.45) is 0 Å². The van der Waals surface area contributed by atoms with Crippen LogP contribution in [0, 0.1) is 6.92 Å². The van der Waals surface area contributed by atoms with Crippen LogP contribution in [0.2, 0.25) is 0 Å². The van der Waals surface area contributed by atoms with Crippen LogP contribution in [0.25, 0.3) is 11.1 Å². The molecular formula is C24H32N2O5S. The molecule has 7 nitrogen and oxygen atoms in total. The molecule has 1 atom stereocenters. The molecule has 0 spiro atoms. The molecule has 1 N–H and O–H groups in total. The Morgan fingerprint density at radius 1 is 1.28 bits per heavy atom. The third kappa shape index (κ3) is 6.79. The number of likely N-dealkylation sites (N-methyl/N-ethyl adjacent to an activating group) is 1. The van der Waals surface area contributed by atoms with Gasteiger partial charge in [0.1, 0.15) is 11.3 Å². The third-order valence-corrected chi connectivity index (χ3v) is 5.68. The van der Waals surface area contributed by atoms with Crippen molar-refractivity contribution in [1.82, 2.24) is 9.88 Å². The Balaban J connectivity index is 0.000000523. The topological polar surface area (TPSA) is 92.9 Å². The Morgan fingerprint density at radius 3 is 2.75 bits per heavy atom. The minimum atomic E-state index is -3.67. The zero-order valence-corrected chi connectivity index (χ0v) is 20.0. The fraction of sp³-hybridized carbons (Fsp3) is 0.458. The number of hydrogen-bond donors (Lipinski definition) is 1. The number of benzene rings is 2. The van der Waals surface area contributed by atoms with Crippen molar-refractivity contribution in [3.63, 3.8) is 0 Å². The van der Waals surface area contributed by atoms with Crippen LogP contribution in [0.1, 0.15) is 41.3 Å². The highest BCUT2D eigenvalue weighted by Crippen LogP contribution is 2.36. The van der Waals surface area contributed by atoms with E-state index in [-0.39, 0.29) is 0 Å². The molecule has 0 fully saturated rings. The quantitative estimate of drug-likeness (QED) is 0.550. The van der Waals surface area contributed by atoms with Gasteiger partial charge in [-0.1, -0.05) is 18.2 Å². The summed E-state index contributed by atoms with van der Waals surface area (Å²) in [6.45, 7) is 4.02. The van der Waals surface area contributed by atoms with E-state index in [4.69, 9.17) is 13.7 Å². The molecule has 0 aliphatic heterocycles. The highest BCUT2D eigenvalue weighted by molar-refractivity contribution is 7.85. The predicted octanol–water partition coefficient (Wildman–Crippen LogP) is 4.24. The van der Waals surface area contributed by atoms with Gasteiger partial charge in [-0.3, -0.25) is 4.55 Å². The van der Waals surface area contributed by atoms with Crippen LogP contribution in [0.3, 0.4) is 0 Å². The van der Waals surface area contributed by atoms with Crippen LogP contribution in [-0.4, -0.2) is 56.4 Å². The largest absolute Gasteiger partial charge is 0.496 e. The Bertz CT molecular complexity index is 1150. The van der Waals surface area contributed by atoms with Gasteiger partial charge >= 0.3 is 0 Å². The Labute approximate surface area is 190 Å².